The summed E-state index contributed by atoms with van der Waals surface area (Å²) in [4.78, 5) is 12.4. The molecule has 3 heteroatoms. The molecular formula is C18H25NO2. The van der Waals surface area contributed by atoms with Crippen molar-refractivity contribution in [2.45, 2.75) is 40.0 Å². The van der Waals surface area contributed by atoms with E-state index in [0.717, 1.165) is 30.5 Å². The number of allylic oxidation sites excluding steroid dienone is 4. The Morgan fingerprint density at radius 1 is 1.19 bits per heavy atom. The van der Waals surface area contributed by atoms with E-state index in [4.69, 9.17) is 5.11 Å². The van der Waals surface area contributed by atoms with E-state index in [9.17, 15) is 4.79 Å². The van der Waals surface area contributed by atoms with E-state index in [-0.39, 0.29) is 0 Å². The molecule has 0 heterocycles. The fourth-order valence-corrected chi connectivity index (χ4v) is 2.09. The number of anilines is 1. The molecule has 1 amide bonds. The summed E-state index contributed by atoms with van der Waals surface area (Å²) < 4.78 is 0. The van der Waals surface area contributed by atoms with Gasteiger partial charge in [-0.1, -0.05) is 41.5 Å². The third-order valence-electron chi connectivity index (χ3n) is 3.40. The lowest BCUT2D eigenvalue weighted by molar-refractivity contribution is 0.203. The third kappa shape index (κ3) is 5.86. The molecule has 0 radical (unpaired) electrons. The summed E-state index contributed by atoms with van der Waals surface area (Å²) in [5, 5.41) is 9.11. The average molecular weight is 287 g/mol. The summed E-state index contributed by atoms with van der Waals surface area (Å²) in [6.45, 7) is 6.34. The molecule has 1 aromatic carbocycles. The van der Waals surface area contributed by atoms with Gasteiger partial charge in [-0.25, -0.2) is 4.79 Å². The summed E-state index contributed by atoms with van der Waals surface area (Å²) in [6, 6.07) is 7.63. The van der Waals surface area contributed by atoms with Gasteiger partial charge in [-0.05, 0) is 51.7 Å². The maximum Gasteiger partial charge on any atom is 0.411 e. The largest absolute Gasteiger partial charge is 0.465 e. The molecule has 0 aliphatic rings. The van der Waals surface area contributed by atoms with E-state index >= 15 is 0 Å². The van der Waals surface area contributed by atoms with Gasteiger partial charge in [0.15, 0.2) is 0 Å². The minimum atomic E-state index is -0.938. The number of amides is 1. The van der Waals surface area contributed by atoms with E-state index < -0.39 is 6.09 Å². The van der Waals surface area contributed by atoms with E-state index in [2.05, 4.69) is 32.9 Å². The average Bonchev–Trinajstić information content (AvgIpc) is 2.44. The van der Waals surface area contributed by atoms with Gasteiger partial charge < -0.3 is 5.11 Å². The Bertz CT molecular complexity index is 540. The summed E-state index contributed by atoms with van der Waals surface area (Å²) in [5.41, 5.74) is 4.46. The smallest absolute Gasteiger partial charge is 0.411 e. The number of nitrogens with zero attached hydrogens (tertiary/aromatic N) is 1. The third-order valence-corrected chi connectivity index (χ3v) is 3.40. The Hall–Kier alpha value is -2.03. The highest BCUT2D eigenvalue weighted by atomic mass is 16.4. The van der Waals surface area contributed by atoms with Crippen molar-refractivity contribution in [2.24, 2.45) is 0 Å². The molecular weight excluding hydrogens is 262 g/mol. The fourth-order valence-electron chi connectivity index (χ4n) is 2.09. The number of carbonyl (C=O) groups is 1. The molecule has 0 saturated carbocycles. The predicted octanol–water partition coefficient (Wildman–Crippen LogP) is 5.04. The van der Waals surface area contributed by atoms with E-state index in [1.807, 2.05) is 24.3 Å². The molecule has 114 valence electrons. The Labute approximate surface area is 127 Å². The molecule has 1 aromatic rings. The van der Waals surface area contributed by atoms with E-state index in [1.54, 1.807) is 7.05 Å². The zero-order valence-corrected chi connectivity index (χ0v) is 13.4. The molecule has 0 saturated heterocycles. The Morgan fingerprint density at radius 2 is 1.86 bits per heavy atom. The topological polar surface area (TPSA) is 40.5 Å². The van der Waals surface area contributed by atoms with Crippen LogP contribution in [0, 0.1) is 0 Å². The second-order valence-electron chi connectivity index (χ2n) is 5.55. The number of carboxylic acid groups (broad SMARTS) is 1. The summed E-state index contributed by atoms with van der Waals surface area (Å²) in [6.07, 6.45) is 6.35. The van der Waals surface area contributed by atoms with Crippen molar-refractivity contribution in [3.63, 3.8) is 0 Å². The minimum Gasteiger partial charge on any atom is -0.465 e. The Morgan fingerprint density at radius 3 is 2.48 bits per heavy atom. The number of benzene rings is 1. The first-order valence-electron chi connectivity index (χ1n) is 7.25. The lowest BCUT2D eigenvalue weighted by Crippen LogP contribution is -2.24. The van der Waals surface area contributed by atoms with Crippen LogP contribution in [0.15, 0.2) is 47.6 Å². The van der Waals surface area contributed by atoms with Gasteiger partial charge in [0.05, 0.1) is 5.69 Å². The van der Waals surface area contributed by atoms with Crippen LogP contribution in [0.1, 0.15) is 39.2 Å². The maximum atomic E-state index is 11.1. The molecule has 0 atom stereocenters. The number of hydrogen-bond donors (Lipinski definition) is 1. The maximum absolute atomic E-state index is 11.1. The van der Waals surface area contributed by atoms with Crippen LogP contribution >= 0.6 is 0 Å². The minimum absolute atomic E-state index is 0.748. The molecule has 0 spiro atoms. The van der Waals surface area contributed by atoms with Crippen LogP contribution in [-0.2, 0) is 6.42 Å². The lowest BCUT2D eigenvalue weighted by Gasteiger charge is -2.16. The van der Waals surface area contributed by atoms with Gasteiger partial charge in [-0.3, -0.25) is 4.90 Å². The SMILES string of the molecule is CC(C)=CCC/C(C)=C/Cc1ccccc1N(C)C(=O)O. The second kappa shape index (κ2) is 8.30. The number of para-hydroxylation sites is 1. The highest BCUT2D eigenvalue weighted by Crippen LogP contribution is 2.21. The Balaban J connectivity index is 2.75. The van der Waals surface area contributed by atoms with Crippen molar-refractivity contribution >= 4 is 11.8 Å². The lowest BCUT2D eigenvalue weighted by atomic mass is 10.0. The highest BCUT2D eigenvalue weighted by Gasteiger charge is 2.11. The Kier molecular flexibility index (Phi) is 6.73. The molecule has 0 fully saturated rings. The van der Waals surface area contributed by atoms with Gasteiger partial charge in [0.25, 0.3) is 0 Å². The normalized spacial score (nSPS) is 11.1. The molecule has 0 aromatic heterocycles. The zero-order valence-electron chi connectivity index (χ0n) is 13.4. The molecule has 21 heavy (non-hydrogen) atoms. The van der Waals surface area contributed by atoms with Crippen LogP contribution in [0.3, 0.4) is 0 Å². The predicted molar refractivity (Wildman–Crippen MR) is 89.0 cm³/mol. The van der Waals surface area contributed by atoms with Crippen molar-refractivity contribution in [3.05, 3.63) is 53.1 Å². The standard InChI is InChI=1S/C18H25NO2/c1-14(2)8-7-9-15(3)12-13-16-10-5-6-11-17(16)19(4)18(20)21/h5-6,8,10-12H,7,9,13H2,1-4H3,(H,20,21)/b15-12+. The van der Waals surface area contributed by atoms with Crippen LogP contribution < -0.4 is 4.90 Å². The van der Waals surface area contributed by atoms with Gasteiger partial charge in [0.2, 0.25) is 0 Å². The van der Waals surface area contributed by atoms with Crippen molar-refractivity contribution in [1.82, 2.24) is 0 Å². The molecule has 3 nitrogen and oxygen atoms in total. The van der Waals surface area contributed by atoms with Gasteiger partial charge >= 0.3 is 6.09 Å². The first kappa shape index (κ1) is 17.0. The summed E-state index contributed by atoms with van der Waals surface area (Å²) >= 11 is 0. The molecule has 0 aliphatic carbocycles. The monoisotopic (exact) mass is 287 g/mol. The van der Waals surface area contributed by atoms with Crippen molar-refractivity contribution in [3.8, 4) is 0 Å². The van der Waals surface area contributed by atoms with Crippen molar-refractivity contribution in [2.75, 3.05) is 11.9 Å². The fraction of sp³-hybridized carbons (Fsp3) is 0.389. The number of rotatable bonds is 6. The summed E-state index contributed by atoms with van der Waals surface area (Å²) in [7, 11) is 1.58. The summed E-state index contributed by atoms with van der Waals surface area (Å²) in [5.74, 6) is 0. The number of hydrogen-bond acceptors (Lipinski definition) is 1. The van der Waals surface area contributed by atoms with Crippen molar-refractivity contribution < 1.29 is 9.90 Å². The first-order chi connectivity index (χ1) is 9.91. The van der Waals surface area contributed by atoms with E-state index in [1.165, 1.54) is 16.0 Å². The first-order valence-corrected chi connectivity index (χ1v) is 7.25. The van der Waals surface area contributed by atoms with Crippen LogP contribution in [0.25, 0.3) is 0 Å². The second-order valence-corrected chi connectivity index (χ2v) is 5.55. The van der Waals surface area contributed by atoms with Crippen molar-refractivity contribution in [1.29, 1.82) is 0 Å². The molecule has 0 bridgehead atoms. The van der Waals surface area contributed by atoms with Gasteiger partial charge in [0.1, 0.15) is 0 Å². The van der Waals surface area contributed by atoms with Crippen LogP contribution in [0.2, 0.25) is 0 Å². The van der Waals surface area contributed by atoms with Gasteiger partial charge in [-0.2, -0.15) is 0 Å². The van der Waals surface area contributed by atoms with Gasteiger partial charge in [0, 0.05) is 7.05 Å². The van der Waals surface area contributed by atoms with E-state index in [0.29, 0.717) is 0 Å². The molecule has 1 N–H and O–H groups in total. The molecule has 0 aliphatic heterocycles. The quantitative estimate of drug-likeness (QED) is 0.745. The van der Waals surface area contributed by atoms with Gasteiger partial charge in [-0.15, -0.1) is 0 Å². The molecule has 0 unspecified atom stereocenters. The van der Waals surface area contributed by atoms with Crippen LogP contribution in [-0.4, -0.2) is 18.2 Å². The molecule has 1 rings (SSSR count). The van der Waals surface area contributed by atoms with Crippen LogP contribution in [0.5, 0.6) is 0 Å². The zero-order chi connectivity index (χ0) is 15.8. The highest BCUT2D eigenvalue weighted by molar-refractivity contribution is 5.86. The van der Waals surface area contributed by atoms with Crippen LogP contribution in [0.4, 0.5) is 10.5 Å².